The topological polar surface area (TPSA) is 29.1 Å². The molecule has 0 aromatic rings. The first-order valence-corrected chi connectivity index (χ1v) is 3.82. The minimum atomic E-state index is 0.271. The summed E-state index contributed by atoms with van der Waals surface area (Å²) in [5, 5.41) is 3.05. The van der Waals surface area contributed by atoms with Crippen molar-refractivity contribution in [3.8, 4) is 0 Å². The van der Waals surface area contributed by atoms with Gasteiger partial charge >= 0.3 is 0 Å². The molecule has 0 heterocycles. The Morgan fingerprint density at radius 1 is 1.70 bits per heavy atom. The molecule has 0 spiro atoms. The maximum atomic E-state index is 11.1. The van der Waals surface area contributed by atoms with Crippen LogP contribution in [0.3, 0.4) is 0 Å². The summed E-state index contributed by atoms with van der Waals surface area (Å²) in [6, 6.07) is 0. The predicted molar refractivity (Wildman–Crippen MR) is 40.6 cm³/mol. The Kier molecular flexibility index (Phi) is 2.49. The summed E-state index contributed by atoms with van der Waals surface area (Å²) >= 11 is 0. The molecule has 0 aliphatic heterocycles. The van der Waals surface area contributed by atoms with E-state index in [2.05, 4.69) is 5.32 Å². The number of allylic oxidation sites excluding steroid dienone is 2. The van der Waals surface area contributed by atoms with E-state index >= 15 is 0 Å². The van der Waals surface area contributed by atoms with Gasteiger partial charge in [0.05, 0.1) is 5.70 Å². The average molecular weight is 139 g/mol. The first-order chi connectivity index (χ1) is 4.84. The summed E-state index contributed by atoms with van der Waals surface area (Å²) in [5.74, 6) is 0.271. The van der Waals surface area contributed by atoms with Crippen molar-refractivity contribution in [2.45, 2.75) is 26.2 Å². The van der Waals surface area contributed by atoms with Gasteiger partial charge < -0.3 is 5.32 Å². The van der Waals surface area contributed by atoms with E-state index in [0.29, 0.717) is 0 Å². The number of hydrogen-bond acceptors (Lipinski definition) is 2. The van der Waals surface area contributed by atoms with Crippen molar-refractivity contribution >= 4 is 5.78 Å². The van der Waals surface area contributed by atoms with Gasteiger partial charge in [-0.05, 0) is 19.8 Å². The second-order valence-corrected chi connectivity index (χ2v) is 2.46. The predicted octanol–water partition coefficient (Wildman–Crippen LogP) is 1.23. The van der Waals surface area contributed by atoms with Crippen LogP contribution in [0.2, 0.25) is 0 Å². The summed E-state index contributed by atoms with van der Waals surface area (Å²) in [5.41, 5.74) is 0.828. The summed E-state index contributed by atoms with van der Waals surface area (Å²) in [6.07, 6.45) is 4.79. The van der Waals surface area contributed by atoms with E-state index < -0.39 is 0 Å². The standard InChI is InChI=1S/C8H13NO/c1-2-9-7-5-3-4-6-8(7)10/h5,9H,2-4,6H2,1H3. The lowest BCUT2D eigenvalue weighted by molar-refractivity contribution is -0.116. The Hall–Kier alpha value is -0.790. The highest BCUT2D eigenvalue weighted by atomic mass is 16.1. The number of Topliss-reactive ketones (excluding diaryl/α,β-unsaturated/α-hetero) is 1. The molecule has 0 bridgehead atoms. The highest BCUT2D eigenvalue weighted by Crippen LogP contribution is 2.10. The monoisotopic (exact) mass is 139 g/mol. The molecule has 2 heteroatoms. The van der Waals surface area contributed by atoms with Crippen LogP contribution in [-0.2, 0) is 4.79 Å². The van der Waals surface area contributed by atoms with E-state index in [4.69, 9.17) is 0 Å². The number of likely N-dealkylation sites (N-methyl/N-ethyl adjacent to an activating group) is 1. The van der Waals surface area contributed by atoms with Crippen LogP contribution >= 0.6 is 0 Å². The number of ketones is 1. The summed E-state index contributed by atoms with van der Waals surface area (Å²) < 4.78 is 0. The van der Waals surface area contributed by atoms with Crippen LogP contribution in [0.1, 0.15) is 26.2 Å². The third-order valence-corrected chi connectivity index (χ3v) is 1.62. The molecule has 0 aromatic heterocycles. The van der Waals surface area contributed by atoms with Gasteiger partial charge in [0, 0.05) is 13.0 Å². The van der Waals surface area contributed by atoms with E-state index in [1.165, 1.54) is 0 Å². The lowest BCUT2D eigenvalue weighted by atomic mass is 10.0. The Bertz CT molecular complexity index is 161. The van der Waals surface area contributed by atoms with Gasteiger partial charge in [0.25, 0.3) is 0 Å². The van der Waals surface area contributed by atoms with E-state index in [-0.39, 0.29) is 5.78 Å². The largest absolute Gasteiger partial charge is 0.383 e. The zero-order chi connectivity index (χ0) is 7.40. The normalized spacial score (nSPS) is 18.5. The first kappa shape index (κ1) is 7.32. The molecule has 0 atom stereocenters. The van der Waals surface area contributed by atoms with E-state index in [1.807, 2.05) is 13.0 Å². The van der Waals surface area contributed by atoms with Crippen molar-refractivity contribution in [2.75, 3.05) is 6.54 Å². The van der Waals surface area contributed by atoms with Crippen molar-refractivity contribution in [1.29, 1.82) is 0 Å². The molecule has 0 amide bonds. The van der Waals surface area contributed by atoms with E-state index in [1.54, 1.807) is 0 Å². The van der Waals surface area contributed by atoms with Crippen molar-refractivity contribution in [3.63, 3.8) is 0 Å². The first-order valence-electron chi connectivity index (χ1n) is 3.82. The van der Waals surface area contributed by atoms with Crippen LogP contribution in [0.25, 0.3) is 0 Å². The number of rotatable bonds is 2. The molecule has 1 aliphatic rings. The van der Waals surface area contributed by atoms with Gasteiger partial charge in [-0.25, -0.2) is 0 Å². The molecule has 56 valence electrons. The van der Waals surface area contributed by atoms with Gasteiger partial charge in [-0.15, -0.1) is 0 Å². The molecular formula is C8H13NO. The second kappa shape index (κ2) is 3.40. The molecule has 0 radical (unpaired) electrons. The molecular weight excluding hydrogens is 126 g/mol. The maximum absolute atomic E-state index is 11.1. The zero-order valence-corrected chi connectivity index (χ0v) is 6.31. The van der Waals surface area contributed by atoms with Crippen LogP contribution in [-0.4, -0.2) is 12.3 Å². The van der Waals surface area contributed by atoms with Crippen molar-refractivity contribution in [3.05, 3.63) is 11.8 Å². The molecule has 2 nitrogen and oxygen atoms in total. The Morgan fingerprint density at radius 2 is 2.50 bits per heavy atom. The number of hydrogen-bond donors (Lipinski definition) is 1. The summed E-state index contributed by atoms with van der Waals surface area (Å²) in [4.78, 5) is 11.1. The number of carbonyl (C=O) groups is 1. The number of carbonyl (C=O) groups excluding carboxylic acids is 1. The van der Waals surface area contributed by atoms with E-state index in [9.17, 15) is 4.79 Å². The van der Waals surface area contributed by atoms with Crippen LogP contribution in [0, 0.1) is 0 Å². The molecule has 0 saturated heterocycles. The molecule has 1 N–H and O–H groups in total. The molecule has 10 heavy (non-hydrogen) atoms. The van der Waals surface area contributed by atoms with Gasteiger partial charge in [0.15, 0.2) is 5.78 Å². The fraction of sp³-hybridized carbons (Fsp3) is 0.625. The fourth-order valence-electron chi connectivity index (χ4n) is 1.12. The van der Waals surface area contributed by atoms with E-state index in [0.717, 1.165) is 31.5 Å². The molecule has 1 aliphatic carbocycles. The van der Waals surface area contributed by atoms with Crippen LogP contribution in [0.4, 0.5) is 0 Å². The minimum Gasteiger partial charge on any atom is -0.383 e. The van der Waals surface area contributed by atoms with Crippen LogP contribution in [0.5, 0.6) is 0 Å². The lowest BCUT2D eigenvalue weighted by Crippen LogP contribution is -2.21. The Labute approximate surface area is 61.3 Å². The summed E-state index contributed by atoms with van der Waals surface area (Å²) in [7, 11) is 0. The number of nitrogens with one attached hydrogen (secondary N) is 1. The van der Waals surface area contributed by atoms with Gasteiger partial charge in [-0.2, -0.15) is 0 Å². The molecule has 1 rings (SSSR count). The molecule has 0 saturated carbocycles. The lowest BCUT2D eigenvalue weighted by Gasteiger charge is -2.11. The molecule has 0 unspecified atom stereocenters. The molecule has 0 fully saturated rings. The Balaban J connectivity index is 2.53. The van der Waals surface area contributed by atoms with Gasteiger partial charge in [-0.1, -0.05) is 6.08 Å². The average Bonchev–Trinajstić information content (AvgIpc) is 1.94. The Morgan fingerprint density at radius 3 is 3.10 bits per heavy atom. The quantitative estimate of drug-likeness (QED) is 0.623. The third-order valence-electron chi connectivity index (χ3n) is 1.62. The van der Waals surface area contributed by atoms with Crippen LogP contribution < -0.4 is 5.32 Å². The van der Waals surface area contributed by atoms with Crippen molar-refractivity contribution in [2.24, 2.45) is 0 Å². The fourth-order valence-corrected chi connectivity index (χ4v) is 1.12. The third kappa shape index (κ3) is 1.59. The van der Waals surface area contributed by atoms with Crippen LogP contribution in [0.15, 0.2) is 11.8 Å². The highest BCUT2D eigenvalue weighted by molar-refractivity contribution is 5.95. The van der Waals surface area contributed by atoms with Crippen molar-refractivity contribution in [1.82, 2.24) is 5.32 Å². The minimum absolute atomic E-state index is 0.271. The second-order valence-electron chi connectivity index (χ2n) is 2.46. The smallest absolute Gasteiger partial charge is 0.178 e. The summed E-state index contributed by atoms with van der Waals surface area (Å²) in [6.45, 7) is 2.85. The molecule has 0 aromatic carbocycles. The van der Waals surface area contributed by atoms with Gasteiger partial charge in [-0.3, -0.25) is 4.79 Å². The SMILES string of the molecule is CCNC1=CCCCC1=O. The van der Waals surface area contributed by atoms with Gasteiger partial charge in [0.2, 0.25) is 0 Å². The van der Waals surface area contributed by atoms with Gasteiger partial charge in [0.1, 0.15) is 0 Å². The maximum Gasteiger partial charge on any atom is 0.178 e. The zero-order valence-electron chi connectivity index (χ0n) is 6.31. The highest BCUT2D eigenvalue weighted by Gasteiger charge is 2.11. The van der Waals surface area contributed by atoms with Crippen molar-refractivity contribution < 1.29 is 4.79 Å².